The van der Waals surface area contributed by atoms with Gasteiger partial charge in [0.1, 0.15) is 12.7 Å². The molecule has 1 aliphatic heterocycles. The Kier molecular flexibility index (Phi) is 7.60. The van der Waals surface area contributed by atoms with E-state index in [4.69, 9.17) is 45.1 Å². The molecule has 1 aromatic carbocycles. The maximum Gasteiger partial charge on any atom is 0.338 e. The van der Waals surface area contributed by atoms with Crippen molar-refractivity contribution in [3.8, 4) is 0 Å². The maximum atomic E-state index is 14.6. The summed E-state index contributed by atoms with van der Waals surface area (Å²) in [6.07, 6.45) is -7.44. The van der Waals surface area contributed by atoms with E-state index >= 15 is 0 Å². The van der Waals surface area contributed by atoms with Crippen molar-refractivity contribution >= 4 is 47.4 Å². The lowest BCUT2D eigenvalue weighted by Gasteiger charge is -2.44. The van der Waals surface area contributed by atoms with E-state index in [1.54, 1.807) is 30.3 Å². The second-order valence-electron chi connectivity index (χ2n) is 5.46. The van der Waals surface area contributed by atoms with Gasteiger partial charge >= 0.3 is 5.97 Å². The summed E-state index contributed by atoms with van der Waals surface area (Å²) in [7, 11) is 0. The monoisotopic (exact) mass is 430 g/mol. The van der Waals surface area contributed by atoms with Crippen molar-refractivity contribution in [3.63, 3.8) is 0 Å². The Morgan fingerprint density at radius 1 is 1.19 bits per heavy atom. The van der Waals surface area contributed by atoms with Crippen LogP contribution in [-0.4, -0.2) is 42.0 Å². The third-order valence-corrected chi connectivity index (χ3v) is 4.61. The van der Waals surface area contributed by atoms with Crippen LogP contribution in [0.2, 0.25) is 0 Å². The first-order valence-corrected chi connectivity index (χ1v) is 8.20. The summed E-state index contributed by atoms with van der Waals surface area (Å²) in [4.78, 5) is 24.2. The van der Waals surface area contributed by atoms with Crippen molar-refractivity contribution in [3.05, 3.63) is 35.9 Å². The number of ketones is 1. The number of hydrogen-bond donors (Lipinski definition) is 0. The van der Waals surface area contributed by atoms with Crippen molar-refractivity contribution in [2.24, 2.45) is 0 Å². The summed E-state index contributed by atoms with van der Waals surface area (Å²) >= 11 is 16.0. The molecule has 1 heterocycles. The quantitative estimate of drug-likeness (QED) is 0.614. The number of rotatable bonds is 7. The SMILES string of the molecule is CC(=O)[C@]1(OCl)[C@@H](F)O[C@H](C(=O)OCc2ccccc2)[C@@H](OCl)[C@@H]1OCl. The van der Waals surface area contributed by atoms with Gasteiger partial charge in [-0.2, -0.15) is 0 Å². The van der Waals surface area contributed by atoms with Crippen LogP contribution in [-0.2, 0) is 38.5 Å². The van der Waals surface area contributed by atoms with E-state index in [2.05, 4.69) is 12.9 Å². The van der Waals surface area contributed by atoms with Crippen molar-refractivity contribution < 1.29 is 36.3 Å². The Hall–Kier alpha value is -1.000. The van der Waals surface area contributed by atoms with Gasteiger partial charge in [0.25, 0.3) is 0 Å². The summed E-state index contributed by atoms with van der Waals surface area (Å²) in [5.41, 5.74) is -1.80. The molecule has 1 fully saturated rings. The highest BCUT2D eigenvalue weighted by atomic mass is 35.5. The molecule has 2 rings (SSSR count). The molecule has 1 aromatic rings. The number of carbonyl (C=O) groups excluding carboxylic acids is 2. The number of Topliss-reactive ketones (excluding diaryl/α,β-unsaturated/α-hetero) is 1. The smallest absolute Gasteiger partial charge is 0.338 e. The molecule has 5 atom stereocenters. The number of esters is 1. The Labute approximate surface area is 163 Å². The van der Waals surface area contributed by atoms with E-state index in [1.807, 2.05) is 0 Å². The minimum absolute atomic E-state index is 0.109. The largest absolute Gasteiger partial charge is 0.459 e. The number of alkyl halides is 1. The van der Waals surface area contributed by atoms with Crippen LogP contribution < -0.4 is 0 Å². The molecule has 0 aliphatic carbocycles. The fraction of sp³-hybridized carbons (Fsp3) is 0.467. The van der Waals surface area contributed by atoms with Crippen molar-refractivity contribution in [1.29, 1.82) is 0 Å². The molecular weight excluding hydrogens is 418 g/mol. The fourth-order valence-corrected chi connectivity index (χ4v) is 3.23. The Morgan fingerprint density at radius 2 is 1.85 bits per heavy atom. The van der Waals surface area contributed by atoms with Crippen molar-refractivity contribution in [1.82, 2.24) is 0 Å². The standard InChI is InChI=1S/C15H14Cl3FO7/c1-8(20)15(26-18)12(25-17)10(24-16)11(23-14(15)19)13(21)22-7-9-5-3-2-4-6-9/h2-6,10-12,14H,7H2,1H3/t10-,11+,12+,14+,15-/m1/s1. The Balaban J connectivity index is 2.21. The van der Waals surface area contributed by atoms with E-state index in [-0.39, 0.29) is 6.61 Å². The van der Waals surface area contributed by atoms with Gasteiger partial charge in [-0.3, -0.25) is 17.7 Å². The molecule has 26 heavy (non-hydrogen) atoms. The molecule has 1 aliphatic rings. The highest BCUT2D eigenvalue weighted by Crippen LogP contribution is 2.40. The van der Waals surface area contributed by atoms with Gasteiger partial charge in [0.15, 0.2) is 18.0 Å². The Morgan fingerprint density at radius 3 is 2.35 bits per heavy atom. The lowest BCUT2D eigenvalue weighted by atomic mass is 9.84. The zero-order valence-electron chi connectivity index (χ0n) is 13.3. The van der Waals surface area contributed by atoms with Crippen LogP contribution in [0.25, 0.3) is 0 Å². The molecular formula is C15H14Cl3FO7. The molecule has 11 heteroatoms. The van der Waals surface area contributed by atoms with Gasteiger partial charge in [0.05, 0.1) is 35.6 Å². The van der Waals surface area contributed by atoms with E-state index in [9.17, 15) is 14.0 Å². The number of hydrogen-bond acceptors (Lipinski definition) is 7. The second-order valence-corrected chi connectivity index (χ2v) is 5.97. The molecule has 0 saturated carbocycles. The lowest BCUT2D eigenvalue weighted by Crippen LogP contribution is -2.69. The average Bonchev–Trinajstić information content (AvgIpc) is 2.65. The van der Waals surface area contributed by atoms with Gasteiger partial charge in [-0.05, 0) is 12.5 Å². The van der Waals surface area contributed by atoms with Crippen LogP contribution in [0.3, 0.4) is 0 Å². The molecule has 0 unspecified atom stereocenters. The van der Waals surface area contributed by atoms with Gasteiger partial charge in [-0.15, -0.1) is 0 Å². The normalized spacial score (nSPS) is 31.4. The summed E-state index contributed by atoms with van der Waals surface area (Å²) in [5, 5.41) is 0. The van der Waals surface area contributed by atoms with Crippen LogP contribution >= 0.6 is 35.6 Å². The molecule has 7 nitrogen and oxygen atoms in total. The minimum Gasteiger partial charge on any atom is -0.459 e. The number of benzene rings is 1. The first-order valence-electron chi connectivity index (χ1n) is 7.28. The third kappa shape index (κ3) is 3.96. The van der Waals surface area contributed by atoms with E-state index < -0.39 is 42.0 Å². The summed E-state index contributed by atoms with van der Waals surface area (Å²) in [5.74, 6) is -1.92. The van der Waals surface area contributed by atoms with E-state index in [0.29, 0.717) is 5.56 Å². The first kappa shape index (κ1) is 21.3. The van der Waals surface area contributed by atoms with Crippen LogP contribution in [0.1, 0.15) is 12.5 Å². The fourth-order valence-electron chi connectivity index (χ4n) is 2.54. The van der Waals surface area contributed by atoms with Crippen molar-refractivity contribution in [2.75, 3.05) is 0 Å². The molecule has 0 bridgehead atoms. The number of ether oxygens (including phenoxy) is 2. The third-order valence-electron chi connectivity index (χ3n) is 3.96. The van der Waals surface area contributed by atoms with E-state index in [1.165, 1.54) is 0 Å². The highest BCUT2D eigenvalue weighted by Gasteiger charge is 2.65. The summed E-state index contributed by atoms with van der Waals surface area (Å²) in [6, 6.07) is 8.72. The van der Waals surface area contributed by atoms with Crippen LogP contribution in [0.15, 0.2) is 30.3 Å². The highest BCUT2D eigenvalue weighted by molar-refractivity contribution is 6.10. The van der Waals surface area contributed by atoms with Crippen molar-refractivity contribution in [2.45, 2.75) is 43.8 Å². The predicted molar refractivity (Wildman–Crippen MR) is 87.8 cm³/mol. The maximum absolute atomic E-state index is 14.6. The topological polar surface area (TPSA) is 80.3 Å². The van der Waals surface area contributed by atoms with Gasteiger partial charge < -0.3 is 9.47 Å². The predicted octanol–water partition coefficient (Wildman–Crippen LogP) is 3.00. The molecule has 144 valence electrons. The average molecular weight is 432 g/mol. The van der Waals surface area contributed by atoms with Crippen LogP contribution in [0.5, 0.6) is 0 Å². The van der Waals surface area contributed by atoms with Gasteiger partial charge in [-0.1, -0.05) is 30.3 Å². The molecule has 0 amide bonds. The number of carbonyl (C=O) groups is 2. The molecule has 0 spiro atoms. The number of halogens is 4. The first-order chi connectivity index (χ1) is 12.4. The summed E-state index contributed by atoms with van der Waals surface area (Å²) in [6.45, 7) is 0.863. The van der Waals surface area contributed by atoms with Gasteiger partial charge in [-0.25, -0.2) is 9.18 Å². The molecule has 0 N–H and O–H groups in total. The zero-order chi connectivity index (χ0) is 19.3. The Bertz CT molecular complexity index is 635. The summed E-state index contributed by atoms with van der Waals surface area (Å²) < 4.78 is 38.2. The lowest BCUT2D eigenvalue weighted by molar-refractivity contribution is -0.272. The molecule has 0 aromatic heterocycles. The van der Waals surface area contributed by atoms with Gasteiger partial charge in [0, 0.05) is 0 Å². The zero-order valence-corrected chi connectivity index (χ0v) is 15.5. The van der Waals surface area contributed by atoms with Gasteiger partial charge in [0.2, 0.25) is 12.0 Å². The van der Waals surface area contributed by atoms with E-state index in [0.717, 1.165) is 6.92 Å². The minimum atomic E-state index is -2.50. The molecule has 0 radical (unpaired) electrons. The van der Waals surface area contributed by atoms with Crippen LogP contribution in [0.4, 0.5) is 4.39 Å². The second kappa shape index (κ2) is 9.27. The van der Waals surface area contributed by atoms with Crippen LogP contribution in [0, 0.1) is 0 Å². The molecule has 1 saturated heterocycles.